The van der Waals surface area contributed by atoms with Crippen molar-refractivity contribution in [1.82, 2.24) is 28.5 Å². The van der Waals surface area contributed by atoms with E-state index >= 15 is 0 Å². The molecular formula is C31H39N7O5S2. The maximum Gasteiger partial charge on any atom is 0.214 e. The fourth-order valence-electron chi connectivity index (χ4n) is 6.64. The maximum absolute atomic E-state index is 12.8. The summed E-state index contributed by atoms with van der Waals surface area (Å²) in [5.41, 5.74) is 3.96. The highest BCUT2D eigenvalue weighted by Gasteiger charge is 2.46. The maximum atomic E-state index is 12.8. The van der Waals surface area contributed by atoms with E-state index in [1.165, 1.54) is 8.61 Å². The van der Waals surface area contributed by atoms with Crippen LogP contribution in [0.1, 0.15) is 53.4 Å². The summed E-state index contributed by atoms with van der Waals surface area (Å²) in [6, 6.07) is 9.62. The molecule has 14 heteroatoms. The molecule has 12 nitrogen and oxygen atoms in total. The lowest BCUT2D eigenvalue weighted by Gasteiger charge is -2.50. The first-order valence-electron chi connectivity index (χ1n) is 15.3. The van der Waals surface area contributed by atoms with Crippen molar-refractivity contribution in [1.29, 1.82) is 0 Å². The van der Waals surface area contributed by atoms with Gasteiger partial charge in [0.15, 0.2) is 0 Å². The number of piperazine rings is 1. The Morgan fingerprint density at radius 2 is 1.38 bits per heavy atom. The number of aryl methyl sites for hydroxylation is 2. The summed E-state index contributed by atoms with van der Waals surface area (Å²) in [4.78, 5) is 30.9. The van der Waals surface area contributed by atoms with E-state index in [1.54, 1.807) is 17.3 Å². The molecule has 6 heterocycles. The van der Waals surface area contributed by atoms with Crippen molar-refractivity contribution < 1.29 is 21.6 Å². The first kappa shape index (κ1) is 31.5. The van der Waals surface area contributed by atoms with Crippen molar-refractivity contribution in [3.63, 3.8) is 0 Å². The van der Waals surface area contributed by atoms with Crippen molar-refractivity contribution in [3.8, 4) is 0 Å². The third-order valence-corrected chi connectivity index (χ3v) is 13.0. The van der Waals surface area contributed by atoms with Crippen LogP contribution in [0, 0.1) is 6.92 Å². The van der Waals surface area contributed by atoms with Crippen LogP contribution in [0.25, 0.3) is 0 Å². The Balaban J connectivity index is 1.39. The number of sulfonamides is 2. The van der Waals surface area contributed by atoms with Crippen molar-refractivity contribution in [3.05, 3.63) is 82.6 Å². The van der Waals surface area contributed by atoms with Crippen molar-refractivity contribution in [2.75, 3.05) is 49.1 Å². The summed E-state index contributed by atoms with van der Waals surface area (Å²) in [7, 11) is -6.55. The monoisotopic (exact) mass is 653 g/mol. The van der Waals surface area contributed by atoms with Gasteiger partial charge in [-0.25, -0.2) is 21.8 Å². The average molecular weight is 654 g/mol. The van der Waals surface area contributed by atoms with Gasteiger partial charge in [-0.1, -0.05) is 25.1 Å². The van der Waals surface area contributed by atoms with E-state index in [4.69, 9.17) is 4.98 Å². The molecule has 0 saturated carbocycles. The molecular weight excluding hydrogens is 615 g/mol. The highest BCUT2D eigenvalue weighted by atomic mass is 32.2. The molecule has 3 aliphatic rings. The van der Waals surface area contributed by atoms with Crippen LogP contribution in [-0.2, 0) is 49.9 Å². The Morgan fingerprint density at radius 3 is 1.80 bits per heavy atom. The lowest BCUT2D eigenvalue weighted by Crippen LogP contribution is -2.60. The van der Waals surface area contributed by atoms with Gasteiger partial charge >= 0.3 is 0 Å². The smallest absolute Gasteiger partial charge is 0.214 e. The topological polar surface area (TPSA) is 137 Å². The summed E-state index contributed by atoms with van der Waals surface area (Å²) in [5.74, 6) is 1.14. The summed E-state index contributed by atoms with van der Waals surface area (Å²) >= 11 is 0. The van der Waals surface area contributed by atoms with Crippen LogP contribution >= 0.6 is 0 Å². The minimum atomic E-state index is -3.28. The number of carbonyl (C=O) groups excluding carboxylic acids is 1. The highest BCUT2D eigenvalue weighted by Crippen LogP contribution is 2.40. The van der Waals surface area contributed by atoms with Gasteiger partial charge in [-0.2, -0.15) is 8.61 Å². The number of hydrogen-bond acceptors (Lipinski definition) is 9. The van der Waals surface area contributed by atoms with Gasteiger partial charge in [0.1, 0.15) is 11.4 Å². The molecule has 0 unspecified atom stereocenters. The summed E-state index contributed by atoms with van der Waals surface area (Å²) in [6.07, 6.45) is 8.28. The van der Waals surface area contributed by atoms with E-state index in [-0.39, 0.29) is 24.6 Å². The fraction of sp³-hybridized carbons (Fsp3) is 0.484. The van der Waals surface area contributed by atoms with Gasteiger partial charge in [-0.05, 0) is 49.4 Å². The SMILES string of the molecule is CCc1cnc(N2CCN(C=O)C(c3ccc(CN4CCCS4(=O)=O)nc3)(c3ccc(CN4CCCS4(=O)=O)nc3)C2)c(C)c1. The highest BCUT2D eigenvalue weighted by molar-refractivity contribution is 7.89. The van der Waals surface area contributed by atoms with Crippen LogP contribution in [0.4, 0.5) is 5.82 Å². The molecule has 0 aliphatic carbocycles. The Hall–Kier alpha value is -3.46. The van der Waals surface area contributed by atoms with Gasteiger partial charge in [-0.3, -0.25) is 14.8 Å². The van der Waals surface area contributed by atoms with Gasteiger partial charge in [0.2, 0.25) is 26.5 Å². The molecule has 0 atom stereocenters. The van der Waals surface area contributed by atoms with Crippen LogP contribution in [0.3, 0.4) is 0 Å². The van der Waals surface area contributed by atoms with Crippen molar-refractivity contribution in [2.24, 2.45) is 0 Å². The second kappa shape index (κ2) is 12.4. The van der Waals surface area contributed by atoms with Crippen LogP contribution in [0.15, 0.2) is 48.9 Å². The molecule has 3 saturated heterocycles. The molecule has 0 N–H and O–H groups in total. The Labute approximate surface area is 265 Å². The number of nitrogens with zero attached hydrogens (tertiary/aromatic N) is 7. The lowest BCUT2D eigenvalue weighted by molar-refractivity contribution is -0.123. The predicted octanol–water partition coefficient (Wildman–Crippen LogP) is 2.04. The summed E-state index contributed by atoms with van der Waals surface area (Å²) in [5, 5.41) is 0. The normalized spacial score (nSPS) is 21.3. The van der Waals surface area contributed by atoms with Gasteiger partial charge < -0.3 is 9.80 Å². The Kier molecular flexibility index (Phi) is 8.67. The van der Waals surface area contributed by atoms with E-state index in [0.29, 0.717) is 57.0 Å². The quantitative estimate of drug-likeness (QED) is 0.318. The van der Waals surface area contributed by atoms with E-state index in [1.807, 2.05) is 37.4 Å². The van der Waals surface area contributed by atoms with E-state index in [0.717, 1.165) is 40.9 Å². The van der Waals surface area contributed by atoms with Gasteiger partial charge in [0.25, 0.3) is 0 Å². The van der Waals surface area contributed by atoms with E-state index in [2.05, 4.69) is 27.9 Å². The first-order valence-corrected chi connectivity index (χ1v) is 18.6. The largest absolute Gasteiger partial charge is 0.352 e. The number of aromatic nitrogens is 3. The van der Waals surface area contributed by atoms with Crippen LogP contribution in [0.2, 0.25) is 0 Å². The van der Waals surface area contributed by atoms with Crippen LogP contribution in [0.5, 0.6) is 0 Å². The van der Waals surface area contributed by atoms with Crippen LogP contribution in [-0.4, -0.2) is 95.9 Å². The standard InChI is InChI=1S/C31H39N7O5S2/c1-3-25-16-24(2)30(34-17-25)35-12-13-36(23-39)31(22-35,26-6-8-28(32-18-26)20-37-10-4-14-44(37,40)41)27-7-9-29(33-19-27)21-38-11-5-15-45(38,42)43/h6-9,16-19,23H,3-5,10-15,20-22H2,1-2H3. The summed E-state index contributed by atoms with van der Waals surface area (Å²) in [6.45, 7) is 6.86. The third-order valence-electron chi connectivity index (χ3n) is 9.15. The summed E-state index contributed by atoms with van der Waals surface area (Å²) < 4.78 is 52.5. The molecule has 0 spiro atoms. The zero-order valence-electron chi connectivity index (χ0n) is 25.7. The molecule has 0 radical (unpaired) electrons. The Morgan fingerprint density at radius 1 is 0.800 bits per heavy atom. The number of anilines is 1. The average Bonchev–Trinajstić information content (AvgIpc) is 3.55. The molecule has 3 aromatic rings. The number of amides is 1. The van der Waals surface area contributed by atoms with Gasteiger partial charge in [0.05, 0.1) is 42.5 Å². The van der Waals surface area contributed by atoms with E-state index in [9.17, 15) is 21.6 Å². The van der Waals surface area contributed by atoms with Crippen molar-refractivity contribution in [2.45, 2.75) is 51.7 Å². The second-order valence-corrected chi connectivity index (χ2v) is 16.2. The molecule has 3 aromatic heterocycles. The molecule has 0 aromatic carbocycles. The van der Waals surface area contributed by atoms with E-state index < -0.39 is 25.6 Å². The molecule has 45 heavy (non-hydrogen) atoms. The van der Waals surface area contributed by atoms with Crippen molar-refractivity contribution >= 4 is 32.3 Å². The lowest BCUT2D eigenvalue weighted by atomic mass is 9.80. The second-order valence-electron chi connectivity index (χ2n) is 12.0. The predicted molar refractivity (Wildman–Crippen MR) is 170 cm³/mol. The molecule has 1 amide bonds. The number of pyridine rings is 3. The van der Waals surface area contributed by atoms with Gasteiger partial charge in [0, 0.05) is 55.9 Å². The molecule has 0 bridgehead atoms. The number of rotatable bonds is 9. The molecule has 3 aliphatic heterocycles. The number of carbonyl (C=O) groups is 1. The first-order chi connectivity index (χ1) is 21.6. The zero-order chi connectivity index (χ0) is 31.8. The minimum Gasteiger partial charge on any atom is -0.352 e. The molecule has 6 rings (SSSR count). The third kappa shape index (κ3) is 6.08. The molecule has 3 fully saturated rings. The van der Waals surface area contributed by atoms with Gasteiger partial charge in [-0.15, -0.1) is 0 Å². The Bertz CT molecular complexity index is 1680. The minimum absolute atomic E-state index is 0.150. The molecule has 240 valence electrons. The fourth-order valence-corrected chi connectivity index (χ4v) is 9.62. The number of hydrogen-bond donors (Lipinski definition) is 0. The zero-order valence-corrected chi connectivity index (χ0v) is 27.3. The van der Waals surface area contributed by atoms with Crippen LogP contribution < -0.4 is 4.90 Å².